The number of nitrogens with zero attached hydrogens (tertiary/aromatic N) is 3. The van der Waals surface area contributed by atoms with E-state index in [1.54, 1.807) is 6.07 Å². The molecule has 1 fully saturated rings. The van der Waals surface area contributed by atoms with Gasteiger partial charge >= 0.3 is 6.18 Å². The fourth-order valence-corrected chi connectivity index (χ4v) is 3.28. The molecule has 0 saturated carbocycles. The summed E-state index contributed by atoms with van der Waals surface area (Å²) < 4.78 is 40.8. The van der Waals surface area contributed by atoms with Gasteiger partial charge < -0.3 is 5.11 Å². The van der Waals surface area contributed by atoms with E-state index >= 15 is 0 Å². The Kier molecular flexibility index (Phi) is 4.88. The third-order valence-corrected chi connectivity index (χ3v) is 4.54. The molecule has 2 aromatic rings. The maximum Gasteiger partial charge on any atom is 0.416 e. The van der Waals surface area contributed by atoms with Gasteiger partial charge in [0.2, 0.25) is 0 Å². The average Bonchev–Trinajstić information content (AvgIpc) is 3.14. The molecule has 1 saturated heterocycles. The summed E-state index contributed by atoms with van der Waals surface area (Å²) in [7, 11) is 0. The lowest BCUT2D eigenvalue weighted by Crippen LogP contribution is -2.25. The van der Waals surface area contributed by atoms with Crippen LogP contribution in [0.15, 0.2) is 36.5 Å². The third kappa shape index (κ3) is 4.04. The lowest BCUT2D eigenvalue weighted by atomic mass is 10.0. The van der Waals surface area contributed by atoms with E-state index in [-0.39, 0.29) is 12.1 Å². The Bertz CT molecular complexity index is 726. The van der Waals surface area contributed by atoms with Crippen LogP contribution in [0.1, 0.15) is 49.2 Å². The summed E-state index contributed by atoms with van der Waals surface area (Å²) in [4.78, 5) is 1.99. The van der Waals surface area contributed by atoms with Crippen molar-refractivity contribution in [3.63, 3.8) is 0 Å². The largest absolute Gasteiger partial charge is 0.416 e. The van der Waals surface area contributed by atoms with Crippen LogP contribution < -0.4 is 0 Å². The van der Waals surface area contributed by atoms with Gasteiger partial charge in [0.25, 0.3) is 0 Å². The maximum absolute atomic E-state index is 13.0. The molecule has 0 spiro atoms. The Hall–Kier alpha value is -1.86. The molecule has 1 aromatic carbocycles. The maximum atomic E-state index is 13.0. The van der Waals surface area contributed by atoms with Crippen LogP contribution in [-0.2, 0) is 12.7 Å². The fourth-order valence-electron chi connectivity index (χ4n) is 3.28. The highest BCUT2D eigenvalue weighted by molar-refractivity contribution is 5.29. The second kappa shape index (κ2) is 6.80. The molecule has 1 N–H and O–H groups in total. The molecule has 1 aliphatic heterocycles. The second-order valence-corrected chi connectivity index (χ2v) is 6.84. The van der Waals surface area contributed by atoms with Crippen molar-refractivity contribution in [2.24, 2.45) is 0 Å². The molecular formula is C18H22F3N3O. The van der Waals surface area contributed by atoms with Gasteiger partial charge in [-0.25, -0.2) is 0 Å². The summed E-state index contributed by atoms with van der Waals surface area (Å²) in [5, 5.41) is 14.5. The molecule has 0 radical (unpaired) electrons. The Morgan fingerprint density at radius 2 is 2.04 bits per heavy atom. The summed E-state index contributed by atoms with van der Waals surface area (Å²) in [6, 6.07) is 7.28. The minimum atomic E-state index is -4.37. The van der Waals surface area contributed by atoms with Crippen molar-refractivity contribution in [2.45, 2.75) is 51.2 Å². The number of aliphatic hydroxyl groups is 1. The molecule has 2 heterocycles. The molecule has 0 amide bonds. The van der Waals surface area contributed by atoms with Crippen molar-refractivity contribution in [3.8, 4) is 0 Å². The fraction of sp³-hybridized carbons (Fsp3) is 0.500. The zero-order chi connectivity index (χ0) is 18.2. The van der Waals surface area contributed by atoms with Crippen LogP contribution in [0, 0.1) is 0 Å². The first-order valence-corrected chi connectivity index (χ1v) is 8.37. The molecule has 3 rings (SSSR count). The average molecular weight is 353 g/mol. The minimum Gasteiger partial charge on any atom is -0.392 e. The first-order chi connectivity index (χ1) is 11.7. The Morgan fingerprint density at radius 3 is 2.68 bits per heavy atom. The smallest absolute Gasteiger partial charge is 0.392 e. The first kappa shape index (κ1) is 17.9. The number of hydrogen-bond donors (Lipinski definition) is 1. The van der Waals surface area contributed by atoms with E-state index in [0.29, 0.717) is 25.1 Å². The van der Waals surface area contributed by atoms with Gasteiger partial charge in [-0.1, -0.05) is 12.1 Å². The normalized spacial score (nSPS) is 22.0. The van der Waals surface area contributed by atoms with Crippen LogP contribution >= 0.6 is 0 Å². The van der Waals surface area contributed by atoms with E-state index in [0.717, 1.165) is 11.8 Å². The molecule has 4 nitrogen and oxygen atoms in total. The number of likely N-dealkylation sites (tertiary alicyclic amines) is 1. The van der Waals surface area contributed by atoms with Gasteiger partial charge in [0.1, 0.15) is 0 Å². The quantitative estimate of drug-likeness (QED) is 0.909. The standard InChI is InChI=1S/C18H22F3N3O/c1-12(2)24-7-6-15(22-24)10-23-11-16(25)9-17(23)13-4-3-5-14(8-13)18(19,20)21/h3-8,12,16-17,25H,9-11H2,1-2H3. The molecule has 1 aromatic heterocycles. The number of aromatic nitrogens is 2. The Balaban J connectivity index is 1.82. The van der Waals surface area contributed by atoms with Crippen molar-refractivity contribution < 1.29 is 18.3 Å². The van der Waals surface area contributed by atoms with Gasteiger partial charge in [0.15, 0.2) is 0 Å². The van der Waals surface area contributed by atoms with E-state index in [1.165, 1.54) is 12.1 Å². The van der Waals surface area contributed by atoms with Gasteiger partial charge in [0, 0.05) is 31.4 Å². The van der Waals surface area contributed by atoms with Crippen LogP contribution in [0.5, 0.6) is 0 Å². The van der Waals surface area contributed by atoms with Crippen LogP contribution in [0.25, 0.3) is 0 Å². The predicted octanol–water partition coefficient (Wildman–Crippen LogP) is 3.79. The number of alkyl halides is 3. The number of halogens is 3. The van der Waals surface area contributed by atoms with Crippen LogP contribution in [-0.4, -0.2) is 32.4 Å². The second-order valence-electron chi connectivity index (χ2n) is 6.84. The number of aliphatic hydroxyl groups excluding tert-OH is 1. The molecule has 0 aliphatic carbocycles. The number of hydrogen-bond acceptors (Lipinski definition) is 3. The molecule has 25 heavy (non-hydrogen) atoms. The van der Waals surface area contributed by atoms with Crippen molar-refractivity contribution in [1.82, 2.24) is 14.7 Å². The van der Waals surface area contributed by atoms with E-state index in [2.05, 4.69) is 5.10 Å². The Labute approximate surface area is 144 Å². The van der Waals surface area contributed by atoms with E-state index < -0.39 is 17.8 Å². The third-order valence-electron chi connectivity index (χ3n) is 4.54. The summed E-state index contributed by atoms with van der Waals surface area (Å²) >= 11 is 0. The van der Waals surface area contributed by atoms with Gasteiger partial charge in [-0.05, 0) is 44.0 Å². The number of rotatable bonds is 4. The highest BCUT2D eigenvalue weighted by atomic mass is 19.4. The topological polar surface area (TPSA) is 41.3 Å². The first-order valence-electron chi connectivity index (χ1n) is 8.37. The number of β-amino-alcohol motifs (C(OH)–C–C–N with tert-alkyl or cyclic N) is 1. The van der Waals surface area contributed by atoms with Gasteiger partial charge in [-0.2, -0.15) is 18.3 Å². The van der Waals surface area contributed by atoms with Crippen molar-refractivity contribution >= 4 is 0 Å². The lowest BCUT2D eigenvalue weighted by Gasteiger charge is -2.24. The van der Waals surface area contributed by atoms with Crippen molar-refractivity contribution in [1.29, 1.82) is 0 Å². The molecule has 2 atom stereocenters. The van der Waals surface area contributed by atoms with Crippen molar-refractivity contribution in [3.05, 3.63) is 53.3 Å². The summed E-state index contributed by atoms with van der Waals surface area (Å²) in [6.45, 7) is 4.98. The zero-order valence-electron chi connectivity index (χ0n) is 14.2. The lowest BCUT2D eigenvalue weighted by molar-refractivity contribution is -0.137. The highest BCUT2D eigenvalue weighted by Gasteiger charge is 2.35. The number of benzene rings is 1. The summed E-state index contributed by atoms with van der Waals surface area (Å²) in [5.41, 5.74) is 0.768. The molecule has 7 heteroatoms. The van der Waals surface area contributed by atoms with Crippen LogP contribution in [0.4, 0.5) is 13.2 Å². The van der Waals surface area contributed by atoms with Crippen LogP contribution in [0.3, 0.4) is 0 Å². The minimum absolute atomic E-state index is 0.247. The SMILES string of the molecule is CC(C)n1ccc(CN2CC(O)CC2c2cccc(C(F)(F)F)c2)n1. The molecule has 1 aliphatic rings. The molecule has 0 bridgehead atoms. The van der Waals surface area contributed by atoms with Gasteiger partial charge in [-0.15, -0.1) is 0 Å². The highest BCUT2D eigenvalue weighted by Crippen LogP contribution is 2.36. The van der Waals surface area contributed by atoms with Gasteiger partial charge in [0.05, 0.1) is 17.4 Å². The van der Waals surface area contributed by atoms with Gasteiger partial charge in [-0.3, -0.25) is 9.58 Å². The molecule has 136 valence electrons. The van der Waals surface area contributed by atoms with E-state index in [9.17, 15) is 18.3 Å². The monoisotopic (exact) mass is 353 g/mol. The zero-order valence-corrected chi connectivity index (χ0v) is 14.2. The van der Waals surface area contributed by atoms with E-state index in [4.69, 9.17) is 0 Å². The van der Waals surface area contributed by atoms with Crippen LogP contribution in [0.2, 0.25) is 0 Å². The molecular weight excluding hydrogens is 331 g/mol. The Morgan fingerprint density at radius 1 is 1.28 bits per heavy atom. The molecule has 2 unspecified atom stereocenters. The van der Waals surface area contributed by atoms with E-state index in [1.807, 2.05) is 35.7 Å². The predicted molar refractivity (Wildman–Crippen MR) is 87.8 cm³/mol. The van der Waals surface area contributed by atoms with Crippen molar-refractivity contribution in [2.75, 3.05) is 6.54 Å². The summed E-state index contributed by atoms with van der Waals surface area (Å²) in [5.74, 6) is 0. The summed E-state index contributed by atoms with van der Waals surface area (Å²) in [6.07, 6.45) is -2.60.